The summed E-state index contributed by atoms with van der Waals surface area (Å²) in [5, 5.41) is 10.8. The monoisotopic (exact) mass is 1110 g/mol. The van der Waals surface area contributed by atoms with E-state index in [-0.39, 0.29) is 94.2 Å². The summed E-state index contributed by atoms with van der Waals surface area (Å²) in [5.41, 5.74) is 5.49. The fraction of sp³-hybridized carbons (Fsp3) is 0.439. The molecule has 2 atom stereocenters. The second-order valence-electron chi connectivity index (χ2n) is 16.7. The molecular formula is C41H51Br2FN10Na2O9S2. The number of nitrogens with zero attached hydrogens (tertiary/aromatic N) is 6. The van der Waals surface area contributed by atoms with E-state index in [0.717, 1.165) is 57.2 Å². The van der Waals surface area contributed by atoms with Gasteiger partial charge in [-0.25, -0.2) is 29.4 Å². The van der Waals surface area contributed by atoms with E-state index >= 15 is 0 Å². The summed E-state index contributed by atoms with van der Waals surface area (Å²) in [5.74, 6) is -0.360. The number of halogens is 3. The molecule has 0 radical (unpaired) electrons. The van der Waals surface area contributed by atoms with Crippen LogP contribution in [0.2, 0.25) is 0 Å². The number of fused-ring (bicyclic) bond motifs is 6. The van der Waals surface area contributed by atoms with Crippen LogP contribution < -0.4 is 94.7 Å². The van der Waals surface area contributed by atoms with E-state index in [2.05, 4.69) is 99.3 Å². The summed E-state index contributed by atoms with van der Waals surface area (Å²) in [7, 11) is -8.49. The van der Waals surface area contributed by atoms with Crippen molar-refractivity contribution in [1.29, 1.82) is 0 Å². The van der Waals surface area contributed by atoms with Crippen LogP contribution in [-0.2, 0) is 29.7 Å². The van der Waals surface area contributed by atoms with Crippen LogP contribution in [0.15, 0.2) is 79.9 Å². The predicted octanol–water partition coefficient (Wildman–Crippen LogP) is -1.44. The molecule has 7 heterocycles. The van der Waals surface area contributed by atoms with Gasteiger partial charge >= 0.3 is 59.1 Å². The zero-order valence-electron chi connectivity index (χ0n) is 39.0. The maximum atomic E-state index is 13.4. The van der Waals surface area contributed by atoms with Crippen molar-refractivity contribution in [2.45, 2.75) is 87.3 Å². The number of hydrogen-bond acceptors (Lipinski definition) is 17. The molecule has 67 heavy (non-hydrogen) atoms. The van der Waals surface area contributed by atoms with Crippen LogP contribution in [0.4, 0.5) is 21.8 Å². The van der Waals surface area contributed by atoms with Gasteiger partial charge in [0.25, 0.3) is 38.3 Å². The number of anilines is 3. The van der Waals surface area contributed by atoms with Gasteiger partial charge in [-0.3, -0.25) is 14.4 Å². The predicted molar refractivity (Wildman–Crippen MR) is 245 cm³/mol. The van der Waals surface area contributed by atoms with Gasteiger partial charge in [0, 0.05) is 30.7 Å². The summed E-state index contributed by atoms with van der Waals surface area (Å²) < 4.78 is 69.3. The van der Waals surface area contributed by atoms with E-state index in [0.29, 0.717) is 58.1 Å². The molecule has 0 aliphatic carbocycles. The molecule has 0 saturated carbocycles. The molecule has 7 rings (SSSR count). The molecule has 2 saturated heterocycles. The Balaban J connectivity index is 0.000000416. The first kappa shape index (κ1) is 58.4. The Morgan fingerprint density at radius 1 is 0.970 bits per heavy atom. The minimum absolute atomic E-state index is 0. The van der Waals surface area contributed by atoms with Crippen LogP contribution in [0, 0.1) is 17.8 Å². The normalized spacial score (nSPS) is 19.0. The summed E-state index contributed by atoms with van der Waals surface area (Å²) in [6.07, 6.45) is 5.68. The minimum atomic E-state index is -4.35. The number of carbonyl (C=O) groups is 3. The number of amides is 2. The standard InChI is InChI=1S/C20H25BrFN5O3S.C20H24BrN5O3S.CH2O3.2Na.H/c1-20(2)11-13(5-4-10-23)12-27(20)18-14(8-9-15(21)24-18)19(28)26-31(29,30)17-7-3-6-16(22)25-17;1-20(2)11-13-5-4-10-22-16-6-3-7-17(24-16)30(28,29)25-19(27)14-8-9-15(21)23-18(14)26(20)12-13;2-1-4-3;;;/h3,6-9,13H,4-5,10-12,23H2,1-2H3,(H,26,28);3,6-9,13H,4-5,10-12H2,1-2H3,(H,22,24)(H,25,27);1,3H;;;/q;;;2*+1;-1/p-1/t2*13-;;;;/m00..../s1. The molecule has 0 aromatic carbocycles. The van der Waals surface area contributed by atoms with Gasteiger partial charge in [-0.2, -0.15) is 21.2 Å². The summed E-state index contributed by atoms with van der Waals surface area (Å²) in [4.78, 5) is 58.0. The number of aromatic nitrogens is 4. The quantitative estimate of drug-likeness (QED) is 0.0518. The van der Waals surface area contributed by atoms with Crippen molar-refractivity contribution in [2.24, 2.45) is 17.6 Å². The van der Waals surface area contributed by atoms with Crippen molar-refractivity contribution >= 4 is 87.6 Å². The van der Waals surface area contributed by atoms with Crippen LogP contribution in [0.3, 0.4) is 0 Å². The molecule has 4 aromatic rings. The Hall–Kier alpha value is -2.88. The number of carbonyl (C=O) groups excluding carboxylic acids is 3. The van der Waals surface area contributed by atoms with E-state index in [1.165, 1.54) is 18.2 Å². The Labute approximate surface area is 452 Å². The molecular weight excluding hydrogens is 1070 g/mol. The number of pyridine rings is 4. The van der Waals surface area contributed by atoms with Gasteiger partial charge in [0.15, 0.2) is 10.1 Å². The Morgan fingerprint density at radius 3 is 2.25 bits per heavy atom. The topological polar surface area (TPSA) is 272 Å². The van der Waals surface area contributed by atoms with Gasteiger partial charge in [-0.15, -0.1) is 0 Å². The Bertz CT molecular complexity index is 2610. The van der Waals surface area contributed by atoms with Gasteiger partial charge in [0.1, 0.15) is 26.7 Å². The average molecular weight is 1120 g/mol. The van der Waals surface area contributed by atoms with E-state index in [9.17, 15) is 30.8 Å². The van der Waals surface area contributed by atoms with Crippen molar-refractivity contribution in [3.05, 3.63) is 86.9 Å². The van der Waals surface area contributed by atoms with Crippen molar-refractivity contribution in [1.82, 2.24) is 29.4 Å². The third-order valence-corrected chi connectivity index (χ3v) is 14.3. The van der Waals surface area contributed by atoms with E-state index < -0.39 is 42.8 Å². The maximum absolute atomic E-state index is 13.4. The first-order chi connectivity index (χ1) is 30.6. The smallest absolute Gasteiger partial charge is 1.00 e. The summed E-state index contributed by atoms with van der Waals surface area (Å²) in [6, 6.07) is 14.4. The molecule has 354 valence electrons. The molecule has 19 nitrogen and oxygen atoms in total. The Morgan fingerprint density at radius 2 is 1.60 bits per heavy atom. The maximum Gasteiger partial charge on any atom is 1.00 e. The first-order valence-electron chi connectivity index (χ1n) is 20.4. The molecule has 0 spiro atoms. The summed E-state index contributed by atoms with van der Waals surface area (Å²) >= 11 is 6.72. The van der Waals surface area contributed by atoms with Crippen molar-refractivity contribution < 1.29 is 106 Å². The molecule has 4 bridgehead atoms. The molecule has 26 heteroatoms. The molecule has 2 amide bonds. The number of sulfonamides is 2. The van der Waals surface area contributed by atoms with Crippen LogP contribution in [0.5, 0.6) is 0 Å². The van der Waals surface area contributed by atoms with E-state index in [1.807, 2.05) is 9.62 Å². The first-order valence-corrected chi connectivity index (χ1v) is 24.9. The molecule has 3 aliphatic rings. The van der Waals surface area contributed by atoms with Crippen LogP contribution >= 0.6 is 31.9 Å². The summed E-state index contributed by atoms with van der Waals surface area (Å²) in [6.45, 7) is 10.9. The molecule has 3 aliphatic heterocycles. The second kappa shape index (κ2) is 25.3. The molecule has 2 fully saturated rings. The molecule has 4 aromatic heterocycles. The van der Waals surface area contributed by atoms with Gasteiger partial charge in [-0.1, -0.05) is 12.1 Å². The van der Waals surface area contributed by atoms with Gasteiger partial charge < -0.3 is 32.4 Å². The van der Waals surface area contributed by atoms with Crippen LogP contribution in [-0.4, -0.2) is 92.3 Å². The van der Waals surface area contributed by atoms with Crippen molar-refractivity contribution in [2.75, 3.05) is 41.3 Å². The molecule has 0 unspecified atom stereocenters. The zero-order chi connectivity index (χ0) is 47.7. The van der Waals surface area contributed by atoms with Crippen molar-refractivity contribution in [3.63, 3.8) is 0 Å². The van der Waals surface area contributed by atoms with Gasteiger partial charge in [0.05, 0.1) is 11.1 Å². The minimum Gasteiger partial charge on any atom is -1.00 e. The van der Waals surface area contributed by atoms with Gasteiger partial charge in [-0.05, 0) is 165 Å². The Kier molecular flexibility index (Phi) is 22.1. The number of nitrogens with two attached hydrogens (primary N) is 1. The van der Waals surface area contributed by atoms with Crippen molar-refractivity contribution in [3.8, 4) is 0 Å². The SMILES string of the molecule is CC1(C)C[C@@H]2CCCNc3cccc(n3)S(=O)(=O)NC(=O)c3ccc(Br)nc3N1C2.CC1(C)C[C@H](CCCN)CN1c1nc(Br)ccc1C(=O)NS(=O)(=O)c1cccc(F)n1.O=CO[O-].[H-].[Na+].[Na+]. The van der Waals surface area contributed by atoms with Crippen LogP contribution in [0.1, 0.15) is 88.4 Å². The molecule has 5 N–H and O–H groups in total. The largest absolute Gasteiger partial charge is 1.00 e. The van der Waals surface area contributed by atoms with Gasteiger partial charge in [0.2, 0.25) is 5.95 Å². The fourth-order valence-corrected chi connectivity index (χ4v) is 10.7. The third-order valence-electron chi connectivity index (χ3n) is 11.0. The average Bonchev–Trinajstić information content (AvgIpc) is 3.73. The van der Waals surface area contributed by atoms with E-state index in [4.69, 9.17) is 15.8 Å². The van der Waals surface area contributed by atoms with Crippen LogP contribution in [0.25, 0.3) is 0 Å². The number of rotatable bonds is 8. The number of nitrogens with one attached hydrogen (secondary N) is 3. The second-order valence-corrected chi connectivity index (χ2v) is 21.6. The number of hydrogen-bond donors (Lipinski definition) is 4. The third kappa shape index (κ3) is 15.6. The fourth-order valence-electron chi connectivity index (χ4n) is 8.20. The van der Waals surface area contributed by atoms with E-state index in [1.54, 1.807) is 30.3 Å². The zero-order valence-corrected chi connectivity index (χ0v) is 46.8.